The predicted octanol–water partition coefficient (Wildman–Crippen LogP) is 17.0. The first-order valence-corrected chi connectivity index (χ1v) is 27.7. The van der Waals surface area contributed by atoms with Crippen LogP contribution < -0.4 is 5.32 Å². The molecule has 0 saturated carbocycles. The summed E-state index contributed by atoms with van der Waals surface area (Å²) in [7, 11) is 0. The number of allylic oxidation sites excluding steroid dienone is 12. The van der Waals surface area contributed by atoms with Gasteiger partial charge in [0.15, 0.2) is 0 Å². The van der Waals surface area contributed by atoms with Crippen molar-refractivity contribution in [3.05, 3.63) is 72.9 Å². The molecular formula is C59H105NO5. The third-order valence-electron chi connectivity index (χ3n) is 12.3. The highest BCUT2D eigenvalue weighted by molar-refractivity contribution is 5.77. The van der Waals surface area contributed by atoms with Crippen LogP contribution in [0.1, 0.15) is 265 Å². The number of carbonyl (C=O) groups is 2. The van der Waals surface area contributed by atoms with Crippen LogP contribution in [-0.4, -0.2) is 46.9 Å². The van der Waals surface area contributed by atoms with Crippen LogP contribution in [0.2, 0.25) is 0 Å². The van der Waals surface area contributed by atoms with Gasteiger partial charge in [0.1, 0.15) is 6.10 Å². The molecule has 0 spiro atoms. The van der Waals surface area contributed by atoms with E-state index in [0.29, 0.717) is 19.3 Å². The molecule has 6 heteroatoms. The van der Waals surface area contributed by atoms with Crippen LogP contribution in [0.5, 0.6) is 0 Å². The number of esters is 1. The van der Waals surface area contributed by atoms with Crippen LogP contribution in [-0.2, 0) is 14.3 Å². The quantitative estimate of drug-likeness (QED) is 0.0245. The van der Waals surface area contributed by atoms with Crippen molar-refractivity contribution >= 4 is 11.9 Å². The Morgan fingerprint density at radius 1 is 0.462 bits per heavy atom. The van der Waals surface area contributed by atoms with Crippen LogP contribution in [0.25, 0.3) is 0 Å². The van der Waals surface area contributed by atoms with Gasteiger partial charge in [-0.15, -0.1) is 0 Å². The summed E-state index contributed by atoms with van der Waals surface area (Å²) in [6.45, 7) is 6.43. The second kappa shape index (κ2) is 52.3. The average Bonchev–Trinajstić information content (AvgIpc) is 3.30. The third kappa shape index (κ3) is 47.6. The summed E-state index contributed by atoms with van der Waals surface area (Å²) in [6.07, 6.45) is 66.7. The van der Waals surface area contributed by atoms with Gasteiger partial charge in [0, 0.05) is 6.42 Å². The van der Waals surface area contributed by atoms with Crippen LogP contribution in [0.3, 0.4) is 0 Å². The third-order valence-corrected chi connectivity index (χ3v) is 12.3. The highest BCUT2D eigenvalue weighted by Crippen LogP contribution is 2.17. The van der Waals surface area contributed by atoms with Gasteiger partial charge in [0.2, 0.25) is 5.91 Å². The molecule has 0 aliphatic rings. The Balaban J connectivity index is 4.68. The van der Waals surface area contributed by atoms with E-state index in [4.69, 9.17) is 4.74 Å². The van der Waals surface area contributed by atoms with Crippen molar-refractivity contribution in [2.45, 2.75) is 283 Å². The van der Waals surface area contributed by atoms with E-state index in [1.165, 1.54) is 128 Å². The number of aliphatic hydroxyl groups excluding tert-OH is 2. The molecule has 3 unspecified atom stereocenters. The Hall–Kier alpha value is -2.70. The first-order chi connectivity index (χ1) is 32.0. The lowest BCUT2D eigenvalue weighted by Gasteiger charge is -2.24. The normalized spacial score (nSPS) is 13.7. The molecule has 0 bridgehead atoms. The summed E-state index contributed by atoms with van der Waals surface area (Å²) in [5, 5.41) is 23.8. The molecular weight excluding hydrogens is 803 g/mol. The molecule has 0 radical (unpaired) electrons. The number of hydrogen-bond donors (Lipinski definition) is 3. The summed E-state index contributed by atoms with van der Waals surface area (Å²) in [5.74, 6) is -0.533. The Labute approximate surface area is 402 Å². The Kier molecular flexibility index (Phi) is 50.1. The number of ether oxygens (including phenoxy) is 1. The highest BCUT2D eigenvalue weighted by atomic mass is 16.5. The van der Waals surface area contributed by atoms with E-state index in [1.807, 2.05) is 0 Å². The van der Waals surface area contributed by atoms with Crippen LogP contribution >= 0.6 is 0 Å². The highest BCUT2D eigenvalue weighted by Gasteiger charge is 2.24. The molecule has 0 saturated heterocycles. The lowest BCUT2D eigenvalue weighted by atomic mass is 10.0. The lowest BCUT2D eigenvalue weighted by Crippen LogP contribution is -2.46. The molecule has 0 aromatic rings. The summed E-state index contributed by atoms with van der Waals surface area (Å²) < 4.78 is 5.92. The van der Waals surface area contributed by atoms with Gasteiger partial charge < -0.3 is 20.3 Å². The fourth-order valence-corrected chi connectivity index (χ4v) is 8.09. The number of unbranched alkanes of at least 4 members (excludes halogenated alkanes) is 27. The van der Waals surface area contributed by atoms with E-state index in [1.54, 1.807) is 0 Å². The smallest absolute Gasteiger partial charge is 0.306 e. The number of nitrogens with one attached hydrogen (secondary N) is 1. The molecule has 0 fully saturated rings. The van der Waals surface area contributed by atoms with E-state index in [-0.39, 0.29) is 24.9 Å². The maximum Gasteiger partial charge on any atom is 0.306 e. The summed E-state index contributed by atoms with van der Waals surface area (Å²) >= 11 is 0. The average molecular weight is 908 g/mol. The first-order valence-electron chi connectivity index (χ1n) is 27.7. The fraction of sp³-hybridized carbons (Fsp3) is 0.763. The number of rotatable bonds is 49. The second-order valence-electron chi connectivity index (χ2n) is 18.7. The van der Waals surface area contributed by atoms with Crippen molar-refractivity contribution in [1.29, 1.82) is 0 Å². The van der Waals surface area contributed by atoms with E-state index in [0.717, 1.165) is 89.9 Å². The van der Waals surface area contributed by atoms with Crippen molar-refractivity contribution in [2.75, 3.05) is 6.61 Å². The van der Waals surface area contributed by atoms with Crippen LogP contribution in [0, 0.1) is 0 Å². The van der Waals surface area contributed by atoms with Gasteiger partial charge in [-0.1, -0.05) is 235 Å². The second-order valence-corrected chi connectivity index (χ2v) is 18.7. The van der Waals surface area contributed by atoms with Gasteiger partial charge in [0.25, 0.3) is 0 Å². The van der Waals surface area contributed by atoms with Gasteiger partial charge in [-0.3, -0.25) is 9.59 Å². The minimum absolute atomic E-state index is 0.0412. The topological polar surface area (TPSA) is 95.9 Å². The number of carbonyl (C=O) groups excluding carboxylic acids is 2. The molecule has 0 aromatic heterocycles. The number of amides is 1. The molecule has 0 aliphatic heterocycles. The van der Waals surface area contributed by atoms with Crippen molar-refractivity contribution < 1.29 is 24.5 Å². The minimum Gasteiger partial charge on any atom is -0.462 e. The zero-order valence-electron chi connectivity index (χ0n) is 42.9. The molecule has 0 heterocycles. The molecule has 0 aromatic carbocycles. The fourth-order valence-electron chi connectivity index (χ4n) is 8.09. The summed E-state index contributed by atoms with van der Waals surface area (Å²) in [4.78, 5) is 26.2. The monoisotopic (exact) mass is 908 g/mol. The molecule has 1 amide bonds. The maximum atomic E-state index is 13.2. The first kappa shape index (κ1) is 62.3. The zero-order chi connectivity index (χ0) is 47.4. The van der Waals surface area contributed by atoms with Gasteiger partial charge in [0.05, 0.1) is 25.2 Å². The van der Waals surface area contributed by atoms with Gasteiger partial charge in [-0.25, -0.2) is 0 Å². The van der Waals surface area contributed by atoms with Crippen LogP contribution in [0.15, 0.2) is 72.9 Å². The number of hydrogen-bond acceptors (Lipinski definition) is 5. The van der Waals surface area contributed by atoms with Gasteiger partial charge >= 0.3 is 5.97 Å². The summed E-state index contributed by atoms with van der Waals surface area (Å²) in [6, 6.07) is -0.721. The van der Waals surface area contributed by atoms with Crippen molar-refractivity contribution in [2.24, 2.45) is 0 Å². The lowest BCUT2D eigenvalue weighted by molar-refractivity contribution is -0.151. The molecule has 6 nitrogen and oxygen atoms in total. The molecule has 0 aliphatic carbocycles. The van der Waals surface area contributed by atoms with Crippen molar-refractivity contribution in [3.8, 4) is 0 Å². The van der Waals surface area contributed by atoms with Crippen molar-refractivity contribution in [3.63, 3.8) is 0 Å². The molecule has 0 rings (SSSR count). The Morgan fingerprint density at radius 2 is 0.846 bits per heavy atom. The Morgan fingerprint density at radius 3 is 1.35 bits per heavy atom. The Bertz CT molecular complexity index is 1200. The molecule has 3 N–H and O–H groups in total. The van der Waals surface area contributed by atoms with Crippen molar-refractivity contribution in [1.82, 2.24) is 5.32 Å². The van der Waals surface area contributed by atoms with E-state index in [2.05, 4.69) is 99.0 Å². The minimum atomic E-state index is -0.805. The largest absolute Gasteiger partial charge is 0.462 e. The standard InChI is InChI=1S/C59H105NO5/c1-4-7-10-13-16-19-22-25-27-28-29-31-34-37-40-43-46-49-52-59(64)65-55(50-47-44-41-38-35-33-30-26-23-20-17-14-11-8-5-2)53-58(63)60-56(54-61)57(62)51-48-45-42-39-36-32-24-21-18-15-12-9-6-3/h17,20,22,25-31,35,38,55-57,61-62H,4-16,18-19,21,23-24,32-34,36-37,39-54H2,1-3H3,(H,60,63)/b20-17-,25-22+,28-27+,30-26-,31-29+,38-35-. The SMILES string of the molecule is CCCCC/C=C\C/C=C\C/C=C\CCCCC(CC(=O)NC(CO)C(O)CCCCCCCCCCCCCCC)OC(=O)CCCCCCC/C=C/C=C/C=C/CCCCCCC. The van der Waals surface area contributed by atoms with Crippen LogP contribution in [0.4, 0.5) is 0 Å². The van der Waals surface area contributed by atoms with E-state index >= 15 is 0 Å². The molecule has 3 atom stereocenters. The molecule has 376 valence electrons. The predicted molar refractivity (Wildman–Crippen MR) is 282 cm³/mol. The summed E-state index contributed by atoms with van der Waals surface area (Å²) in [5.41, 5.74) is 0. The van der Waals surface area contributed by atoms with E-state index in [9.17, 15) is 19.8 Å². The van der Waals surface area contributed by atoms with Gasteiger partial charge in [-0.2, -0.15) is 0 Å². The van der Waals surface area contributed by atoms with Gasteiger partial charge in [-0.05, 0) is 89.9 Å². The van der Waals surface area contributed by atoms with E-state index < -0.39 is 18.2 Å². The maximum absolute atomic E-state index is 13.2. The number of aliphatic hydroxyl groups is 2. The zero-order valence-corrected chi connectivity index (χ0v) is 42.9. The molecule has 65 heavy (non-hydrogen) atoms.